The largest absolute Gasteiger partial charge is 0.394 e. The van der Waals surface area contributed by atoms with Crippen molar-refractivity contribution in [1.82, 2.24) is 19.5 Å². The van der Waals surface area contributed by atoms with Crippen LogP contribution in [0.5, 0.6) is 0 Å². The van der Waals surface area contributed by atoms with Gasteiger partial charge in [0, 0.05) is 0 Å². The van der Waals surface area contributed by atoms with Gasteiger partial charge in [0.2, 0.25) is 11.7 Å². The van der Waals surface area contributed by atoms with Crippen LogP contribution in [0, 0.1) is 0 Å². The van der Waals surface area contributed by atoms with Crippen molar-refractivity contribution in [1.29, 1.82) is 0 Å². The van der Waals surface area contributed by atoms with Crippen molar-refractivity contribution >= 4 is 22.9 Å². The second-order valence-electron chi connectivity index (χ2n) is 4.33. The number of aromatic nitrogens is 4. The van der Waals surface area contributed by atoms with Crippen LogP contribution in [-0.4, -0.2) is 54.3 Å². The number of carbonyl (C=O) groups is 1. The normalized spacial score (nSPS) is 26.5. The molecule has 3 heterocycles. The van der Waals surface area contributed by atoms with Crippen molar-refractivity contribution < 1.29 is 19.7 Å². The minimum absolute atomic E-state index is 0.00228. The van der Waals surface area contributed by atoms with Crippen LogP contribution in [0.3, 0.4) is 0 Å². The van der Waals surface area contributed by atoms with E-state index in [0.29, 0.717) is 0 Å². The monoisotopic (exact) mass is 281 g/mol. The Morgan fingerprint density at radius 2 is 2.25 bits per heavy atom. The summed E-state index contributed by atoms with van der Waals surface area (Å²) in [7, 11) is 0. The van der Waals surface area contributed by atoms with Crippen molar-refractivity contribution in [2.75, 3.05) is 12.3 Å². The first-order valence-electron chi connectivity index (χ1n) is 5.73. The summed E-state index contributed by atoms with van der Waals surface area (Å²) in [5, 5.41) is 18.6. The Bertz CT molecular complexity index is 737. The maximum absolute atomic E-state index is 11.9. The van der Waals surface area contributed by atoms with E-state index in [1.54, 1.807) is 0 Å². The highest BCUT2D eigenvalue weighted by Gasteiger charge is 2.43. The molecule has 0 radical (unpaired) electrons. The molecule has 10 nitrogen and oxygen atoms in total. The molecule has 1 unspecified atom stereocenters. The van der Waals surface area contributed by atoms with Crippen molar-refractivity contribution in [2.45, 2.75) is 18.4 Å². The molecular formula is C10H11N5O5. The molecule has 0 spiro atoms. The summed E-state index contributed by atoms with van der Waals surface area (Å²) in [5.74, 6) is -0.780. The Morgan fingerprint density at radius 1 is 1.50 bits per heavy atom. The number of ketones is 1. The Kier molecular flexibility index (Phi) is 2.78. The minimum atomic E-state index is -1.44. The first kappa shape index (κ1) is 12.7. The van der Waals surface area contributed by atoms with Crippen LogP contribution in [0.2, 0.25) is 0 Å². The van der Waals surface area contributed by atoms with Gasteiger partial charge in [-0.3, -0.25) is 19.1 Å². The van der Waals surface area contributed by atoms with E-state index in [-0.39, 0.29) is 17.1 Å². The molecule has 0 aliphatic carbocycles. The van der Waals surface area contributed by atoms with Gasteiger partial charge < -0.3 is 20.7 Å². The lowest BCUT2D eigenvalue weighted by Crippen LogP contribution is -2.29. The lowest BCUT2D eigenvalue weighted by molar-refractivity contribution is -0.130. The number of nitrogens with one attached hydrogen (secondary N) is 1. The number of rotatable bonds is 2. The molecule has 0 amide bonds. The van der Waals surface area contributed by atoms with Crippen LogP contribution in [-0.2, 0) is 9.53 Å². The molecule has 1 fully saturated rings. The number of nitrogens with zero attached hydrogens (tertiary/aromatic N) is 3. The number of imidazole rings is 1. The lowest BCUT2D eigenvalue weighted by Gasteiger charge is -2.11. The Labute approximate surface area is 110 Å². The summed E-state index contributed by atoms with van der Waals surface area (Å²) in [6, 6.07) is 0. The first-order chi connectivity index (χ1) is 9.52. The van der Waals surface area contributed by atoms with Crippen LogP contribution >= 0.6 is 0 Å². The molecule has 106 valence electrons. The molecule has 20 heavy (non-hydrogen) atoms. The molecule has 10 heteroatoms. The van der Waals surface area contributed by atoms with Crippen molar-refractivity contribution in [3.05, 3.63) is 16.7 Å². The second kappa shape index (κ2) is 4.37. The molecule has 3 atom stereocenters. The third kappa shape index (κ3) is 1.70. The SMILES string of the molecule is Nc1nc2c(ncn2[C@@H]2O[C@H](CO)C(O)C2=O)c(=O)[nH]1. The molecule has 0 aromatic carbocycles. The van der Waals surface area contributed by atoms with Crippen molar-refractivity contribution in [3.63, 3.8) is 0 Å². The molecule has 0 bridgehead atoms. The number of aliphatic hydroxyl groups is 2. The summed E-state index contributed by atoms with van der Waals surface area (Å²) in [4.78, 5) is 33.5. The van der Waals surface area contributed by atoms with Crippen molar-refractivity contribution in [2.24, 2.45) is 0 Å². The number of H-pyrrole nitrogens is 1. The fourth-order valence-electron chi connectivity index (χ4n) is 2.10. The number of hydrogen-bond donors (Lipinski definition) is 4. The predicted molar refractivity (Wildman–Crippen MR) is 64.6 cm³/mol. The topological polar surface area (TPSA) is 156 Å². The average Bonchev–Trinajstić information content (AvgIpc) is 2.93. The number of fused-ring (bicyclic) bond motifs is 1. The van der Waals surface area contributed by atoms with Gasteiger partial charge in [0.15, 0.2) is 17.4 Å². The third-order valence-electron chi connectivity index (χ3n) is 3.07. The van der Waals surface area contributed by atoms with Crippen LogP contribution in [0.15, 0.2) is 11.1 Å². The maximum atomic E-state index is 11.9. The molecule has 2 aromatic rings. The molecule has 1 aliphatic rings. The average molecular weight is 281 g/mol. The minimum Gasteiger partial charge on any atom is -0.394 e. The number of hydrogen-bond acceptors (Lipinski definition) is 8. The van der Waals surface area contributed by atoms with E-state index in [1.165, 1.54) is 10.9 Å². The van der Waals surface area contributed by atoms with Gasteiger partial charge in [0.1, 0.15) is 12.2 Å². The molecule has 5 N–H and O–H groups in total. The maximum Gasteiger partial charge on any atom is 0.280 e. The van der Waals surface area contributed by atoms with Gasteiger partial charge in [-0.2, -0.15) is 4.98 Å². The van der Waals surface area contributed by atoms with E-state index in [9.17, 15) is 14.7 Å². The van der Waals surface area contributed by atoms with E-state index in [2.05, 4.69) is 15.0 Å². The first-order valence-corrected chi connectivity index (χ1v) is 5.73. The predicted octanol–water partition coefficient (Wildman–Crippen LogP) is -2.48. The molecule has 0 saturated carbocycles. The fourth-order valence-corrected chi connectivity index (χ4v) is 2.10. The zero-order chi connectivity index (χ0) is 14.4. The van der Waals surface area contributed by atoms with Crippen molar-refractivity contribution in [3.8, 4) is 0 Å². The summed E-state index contributed by atoms with van der Waals surface area (Å²) >= 11 is 0. The second-order valence-corrected chi connectivity index (χ2v) is 4.33. The highest BCUT2D eigenvalue weighted by atomic mass is 16.5. The Hall–Kier alpha value is -2.30. The van der Waals surface area contributed by atoms with Crippen LogP contribution in [0.1, 0.15) is 6.23 Å². The zero-order valence-electron chi connectivity index (χ0n) is 10.1. The number of aromatic amines is 1. The van der Waals surface area contributed by atoms with E-state index < -0.39 is 36.4 Å². The van der Waals surface area contributed by atoms with E-state index in [4.69, 9.17) is 15.6 Å². The van der Waals surface area contributed by atoms with Gasteiger partial charge >= 0.3 is 0 Å². The van der Waals surface area contributed by atoms with E-state index in [1.807, 2.05) is 0 Å². The summed E-state index contributed by atoms with van der Waals surface area (Å²) in [5.41, 5.74) is 4.96. The number of anilines is 1. The standard InChI is InChI=1S/C10H11N5O5/c11-10-13-7-4(8(19)14-10)12-2-15(7)9-6(18)5(17)3(1-16)20-9/h2-3,5,9,16-17H,1H2,(H3,11,13,14,19)/t3-,5?,9-/m1/s1. The zero-order valence-corrected chi connectivity index (χ0v) is 10.1. The third-order valence-corrected chi connectivity index (χ3v) is 3.07. The molecular weight excluding hydrogens is 270 g/mol. The van der Waals surface area contributed by atoms with Crippen LogP contribution in [0.4, 0.5) is 5.95 Å². The van der Waals surface area contributed by atoms with Crippen LogP contribution < -0.4 is 11.3 Å². The lowest BCUT2D eigenvalue weighted by atomic mass is 10.2. The molecule has 1 saturated heterocycles. The quantitative estimate of drug-likeness (QED) is 0.471. The van der Waals surface area contributed by atoms with E-state index >= 15 is 0 Å². The summed E-state index contributed by atoms with van der Waals surface area (Å²) in [6.07, 6.45) is -2.48. The van der Waals surface area contributed by atoms with Crippen LogP contribution in [0.25, 0.3) is 11.2 Å². The molecule has 2 aromatic heterocycles. The Balaban J connectivity index is 2.12. The van der Waals surface area contributed by atoms with Gasteiger partial charge in [-0.25, -0.2) is 4.98 Å². The summed E-state index contributed by atoms with van der Waals surface area (Å²) in [6.45, 7) is -0.508. The van der Waals surface area contributed by atoms with Gasteiger partial charge in [0.25, 0.3) is 5.56 Å². The molecule has 1 aliphatic heterocycles. The van der Waals surface area contributed by atoms with Gasteiger partial charge in [-0.1, -0.05) is 0 Å². The van der Waals surface area contributed by atoms with Gasteiger partial charge in [-0.05, 0) is 0 Å². The fraction of sp³-hybridized carbons (Fsp3) is 0.400. The number of aliphatic hydroxyl groups excluding tert-OH is 2. The number of nitrogens with two attached hydrogens (primary N) is 1. The summed E-state index contributed by atoms with van der Waals surface area (Å²) < 4.78 is 6.44. The number of nitrogen functional groups attached to an aromatic ring is 1. The Morgan fingerprint density at radius 3 is 2.90 bits per heavy atom. The highest BCUT2D eigenvalue weighted by Crippen LogP contribution is 2.27. The number of carbonyl (C=O) groups excluding carboxylic acids is 1. The molecule has 3 rings (SSSR count). The number of Topliss-reactive ketones (excluding diaryl/α,β-unsaturated/α-hetero) is 1. The number of ether oxygens (including phenoxy) is 1. The van der Waals surface area contributed by atoms with Gasteiger partial charge in [0.05, 0.1) is 12.9 Å². The van der Waals surface area contributed by atoms with Gasteiger partial charge in [-0.15, -0.1) is 0 Å². The smallest absolute Gasteiger partial charge is 0.280 e. The highest BCUT2D eigenvalue weighted by molar-refractivity contribution is 5.89. The van der Waals surface area contributed by atoms with E-state index in [0.717, 1.165) is 0 Å².